The quantitative estimate of drug-likeness (QED) is 0.151. The molecule has 1 heterocycles. The molecule has 0 fully saturated rings. The fourth-order valence-corrected chi connectivity index (χ4v) is 4.30. The van der Waals surface area contributed by atoms with Crippen molar-refractivity contribution in [3.05, 3.63) is 36.0 Å². The lowest BCUT2D eigenvalue weighted by molar-refractivity contribution is -0.142. The molecule has 0 aliphatic heterocycles. The van der Waals surface area contributed by atoms with E-state index in [2.05, 4.69) is 20.9 Å². The number of carboxylic acids is 1. The van der Waals surface area contributed by atoms with Crippen molar-refractivity contribution in [2.24, 2.45) is 11.5 Å². The molecular formula is C25H38N6O5S. The molecule has 3 amide bonds. The minimum atomic E-state index is -1.15. The van der Waals surface area contributed by atoms with E-state index in [1.54, 1.807) is 6.20 Å². The minimum absolute atomic E-state index is 0.169. The summed E-state index contributed by atoms with van der Waals surface area (Å²) in [7, 11) is 0. The van der Waals surface area contributed by atoms with Crippen LogP contribution >= 0.6 is 11.8 Å². The van der Waals surface area contributed by atoms with Crippen LogP contribution in [0.5, 0.6) is 0 Å². The Kier molecular flexibility index (Phi) is 12.4. The van der Waals surface area contributed by atoms with Crippen LogP contribution in [0, 0.1) is 0 Å². The maximum absolute atomic E-state index is 13.4. The third kappa shape index (κ3) is 9.38. The van der Waals surface area contributed by atoms with E-state index in [-0.39, 0.29) is 19.3 Å². The van der Waals surface area contributed by atoms with Crippen molar-refractivity contribution in [3.63, 3.8) is 0 Å². The Morgan fingerprint density at radius 3 is 2.27 bits per heavy atom. The Bertz CT molecular complexity index is 1060. The average molecular weight is 535 g/mol. The van der Waals surface area contributed by atoms with Crippen molar-refractivity contribution >= 4 is 46.4 Å². The number of fused-ring (bicyclic) bond motifs is 1. The second kappa shape index (κ2) is 15.2. The molecule has 0 aliphatic carbocycles. The van der Waals surface area contributed by atoms with Gasteiger partial charge in [0.1, 0.15) is 18.1 Å². The smallest absolute Gasteiger partial charge is 0.326 e. The molecule has 4 unspecified atom stereocenters. The summed E-state index contributed by atoms with van der Waals surface area (Å²) in [6, 6.07) is 3.69. The zero-order chi connectivity index (χ0) is 27.4. The second-order valence-electron chi connectivity index (χ2n) is 8.94. The predicted molar refractivity (Wildman–Crippen MR) is 145 cm³/mol. The number of hydrogen-bond donors (Lipinski definition) is 7. The standard InChI is InChI=1S/C25H38N6O5S/c1-15(27)22(32)31-21(13-16-14-28-18-8-4-3-7-17(16)18)24(34)29-19(10-12-37-2)23(33)30-20(25(35)36)9-5-6-11-26/h3-4,7-8,14-15,19-21,28H,5-6,9-13,26-27H2,1-2H3,(H,29,34)(H,30,33)(H,31,32)(H,35,36). The Morgan fingerprint density at radius 1 is 0.973 bits per heavy atom. The monoisotopic (exact) mass is 534 g/mol. The lowest BCUT2D eigenvalue weighted by atomic mass is 10.0. The van der Waals surface area contributed by atoms with Gasteiger partial charge in [0.15, 0.2) is 0 Å². The molecule has 0 saturated carbocycles. The number of carboxylic acid groups (broad SMARTS) is 1. The number of rotatable bonds is 16. The van der Waals surface area contributed by atoms with Crippen LogP contribution in [0.25, 0.3) is 10.9 Å². The van der Waals surface area contributed by atoms with Crippen LogP contribution in [0.1, 0.15) is 38.2 Å². The van der Waals surface area contributed by atoms with E-state index in [4.69, 9.17) is 11.5 Å². The highest BCUT2D eigenvalue weighted by Crippen LogP contribution is 2.19. The number of aromatic nitrogens is 1. The Morgan fingerprint density at radius 2 is 1.62 bits per heavy atom. The number of thioether (sulfide) groups is 1. The molecule has 11 nitrogen and oxygen atoms in total. The van der Waals surface area contributed by atoms with Gasteiger partial charge in [0.2, 0.25) is 17.7 Å². The molecule has 0 bridgehead atoms. The van der Waals surface area contributed by atoms with E-state index in [1.807, 2.05) is 30.5 Å². The van der Waals surface area contributed by atoms with Crippen LogP contribution in [-0.4, -0.2) is 76.5 Å². The van der Waals surface area contributed by atoms with Gasteiger partial charge in [0.05, 0.1) is 6.04 Å². The van der Waals surface area contributed by atoms with Gasteiger partial charge < -0.3 is 37.5 Å². The van der Waals surface area contributed by atoms with Gasteiger partial charge in [-0.15, -0.1) is 0 Å². The van der Waals surface area contributed by atoms with Crippen LogP contribution in [0.2, 0.25) is 0 Å². The van der Waals surface area contributed by atoms with Gasteiger partial charge in [-0.05, 0) is 62.8 Å². The molecular weight excluding hydrogens is 496 g/mol. The van der Waals surface area contributed by atoms with E-state index in [0.717, 1.165) is 16.5 Å². The molecule has 2 rings (SSSR count). The molecule has 1 aromatic carbocycles. The molecule has 0 radical (unpaired) electrons. The molecule has 1 aromatic heterocycles. The Hall–Kier alpha value is -3.09. The summed E-state index contributed by atoms with van der Waals surface area (Å²) >= 11 is 1.49. The number of H-pyrrole nitrogens is 1. The highest BCUT2D eigenvalue weighted by molar-refractivity contribution is 7.98. The summed E-state index contributed by atoms with van der Waals surface area (Å²) in [6.45, 7) is 1.94. The number of nitrogens with two attached hydrogens (primary N) is 2. The first kappa shape index (κ1) is 30.1. The van der Waals surface area contributed by atoms with Gasteiger partial charge in [0.25, 0.3) is 0 Å². The fraction of sp³-hybridized carbons (Fsp3) is 0.520. The van der Waals surface area contributed by atoms with Gasteiger partial charge in [-0.3, -0.25) is 14.4 Å². The number of carbonyl (C=O) groups is 4. The first-order valence-corrected chi connectivity index (χ1v) is 13.7. The van der Waals surface area contributed by atoms with Crippen molar-refractivity contribution in [1.29, 1.82) is 0 Å². The summed E-state index contributed by atoms with van der Waals surface area (Å²) in [6.07, 6.45) is 5.52. The third-order valence-electron chi connectivity index (χ3n) is 5.95. The summed E-state index contributed by atoms with van der Waals surface area (Å²) in [5, 5.41) is 18.4. The largest absolute Gasteiger partial charge is 0.480 e. The van der Waals surface area contributed by atoms with Crippen LogP contribution in [0.4, 0.5) is 0 Å². The number of unbranched alkanes of at least 4 members (excludes halogenated alkanes) is 1. The van der Waals surface area contributed by atoms with Crippen LogP contribution in [0.3, 0.4) is 0 Å². The van der Waals surface area contributed by atoms with E-state index in [9.17, 15) is 24.3 Å². The fourth-order valence-electron chi connectivity index (χ4n) is 3.83. The van der Waals surface area contributed by atoms with Crippen molar-refractivity contribution in [2.75, 3.05) is 18.6 Å². The Labute approximate surface area is 220 Å². The molecule has 204 valence electrons. The number of amides is 3. The van der Waals surface area contributed by atoms with Crippen LogP contribution in [0.15, 0.2) is 30.5 Å². The van der Waals surface area contributed by atoms with E-state index in [0.29, 0.717) is 25.1 Å². The lowest BCUT2D eigenvalue weighted by Crippen LogP contribution is -2.57. The zero-order valence-corrected chi connectivity index (χ0v) is 22.1. The number of para-hydroxylation sites is 1. The highest BCUT2D eigenvalue weighted by atomic mass is 32.2. The molecule has 0 aliphatic rings. The van der Waals surface area contributed by atoms with E-state index in [1.165, 1.54) is 18.7 Å². The average Bonchev–Trinajstić information content (AvgIpc) is 3.27. The normalized spacial score (nSPS) is 14.4. The van der Waals surface area contributed by atoms with E-state index < -0.39 is 47.9 Å². The predicted octanol–water partition coefficient (Wildman–Crippen LogP) is 0.479. The number of aliphatic carboxylic acids is 1. The number of aromatic amines is 1. The second-order valence-corrected chi connectivity index (χ2v) is 9.93. The zero-order valence-electron chi connectivity index (χ0n) is 21.3. The number of carbonyl (C=O) groups excluding carboxylic acids is 3. The van der Waals surface area contributed by atoms with Gasteiger partial charge in [-0.2, -0.15) is 11.8 Å². The third-order valence-corrected chi connectivity index (χ3v) is 6.59. The first-order chi connectivity index (χ1) is 17.7. The molecule has 0 saturated heterocycles. The van der Waals surface area contributed by atoms with Crippen LogP contribution < -0.4 is 27.4 Å². The summed E-state index contributed by atoms with van der Waals surface area (Å²) in [5.74, 6) is -2.25. The van der Waals surface area contributed by atoms with Crippen molar-refractivity contribution < 1.29 is 24.3 Å². The molecule has 12 heteroatoms. The van der Waals surface area contributed by atoms with Gasteiger partial charge in [-0.1, -0.05) is 18.2 Å². The van der Waals surface area contributed by atoms with Crippen molar-refractivity contribution in [2.45, 2.75) is 63.2 Å². The highest BCUT2D eigenvalue weighted by Gasteiger charge is 2.30. The maximum atomic E-state index is 13.4. The molecule has 0 spiro atoms. The van der Waals surface area contributed by atoms with Crippen LogP contribution in [-0.2, 0) is 25.6 Å². The maximum Gasteiger partial charge on any atom is 0.326 e. The van der Waals surface area contributed by atoms with Gasteiger partial charge in [0, 0.05) is 23.5 Å². The molecule has 37 heavy (non-hydrogen) atoms. The van der Waals surface area contributed by atoms with E-state index >= 15 is 0 Å². The SMILES string of the molecule is CSCCC(NC(=O)C(Cc1c[nH]c2ccccc12)NC(=O)C(C)N)C(=O)NC(CCCCN)C(=O)O. The Balaban J connectivity index is 2.21. The first-order valence-electron chi connectivity index (χ1n) is 12.3. The topological polar surface area (TPSA) is 192 Å². The van der Waals surface area contributed by atoms with Gasteiger partial charge >= 0.3 is 5.97 Å². The summed E-state index contributed by atoms with van der Waals surface area (Å²) in [4.78, 5) is 53.6. The molecule has 9 N–H and O–H groups in total. The number of nitrogens with one attached hydrogen (secondary N) is 4. The molecule has 2 aromatic rings. The number of benzene rings is 1. The minimum Gasteiger partial charge on any atom is -0.480 e. The molecule has 4 atom stereocenters. The van der Waals surface area contributed by atoms with Crippen molar-refractivity contribution in [3.8, 4) is 0 Å². The van der Waals surface area contributed by atoms with Gasteiger partial charge in [-0.25, -0.2) is 4.79 Å². The van der Waals surface area contributed by atoms with Crippen molar-refractivity contribution in [1.82, 2.24) is 20.9 Å². The number of hydrogen-bond acceptors (Lipinski definition) is 7. The summed E-state index contributed by atoms with van der Waals surface area (Å²) < 4.78 is 0. The summed E-state index contributed by atoms with van der Waals surface area (Å²) in [5.41, 5.74) is 12.9. The lowest BCUT2D eigenvalue weighted by Gasteiger charge is -2.25.